The number of hydrogen-bond donors (Lipinski definition) is 3. The van der Waals surface area contributed by atoms with E-state index in [0.717, 1.165) is 24.3 Å². The van der Waals surface area contributed by atoms with Crippen LogP contribution < -0.4 is 15.8 Å². The van der Waals surface area contributed by atoms with Gasteiger partial charge < -0.3 is 20.9 Å². The van der Waals surface area contributed by atoms with E-state index < -0.39 is 29.3 Å². The molecule has 0 radical (unpaired) electrons. The Balaban J connectivity index is 2.08. The summed E-state index contributed by atoms with van der Waals surface area (Å²) in [6, 6.07) is 8.22. The molecule has 0 unspecified atom stereocenters. The summed E-state index contributed by atoms with van der Waals surface area (Å²) in [5.41, 5.74) is 4.72. The van der Waals surface area contributed by atoms with Gasteiger partial charge in [0, 0.05) is 18.3 Å². The maximum Gasteiger partial charge on any atom is 0.335 e. The number of hydrogen-bond acceptors (Lipinski definition) is 4. The van der Waals surface area contributed by atoms with Crippen LogP contribution in [0.5, 0.6) is 5.75 Å². The number of ether oxygens (including phenoxy) is 1. The topological polar surface area (TPSA) is 102 Å². The number of rotatable bonds is 8. The first-order chi connectivity index (χ1) is 13.8. The number of carboxylic acid groups (broad SMARTS) is 1. The smallest absolute Gasteiger partial charge is 0.335 e. The highest BCUT2D eigenvalue weighted by molar-refractivity contribution is 5.94. The predicted octanol–water partition coefficient (Wildman–Crippen LogP) is 3.05. The monoisotopic (exact) mass is 406 g/mol. The Morgan fingerprint density at radius 1 is 1.14 bits per heavy atom. The van der Waals surface area contributed by atoms with E-state index in [4.69, 9.17) is 15.6 Å². The molecule has 0 aliphatic heterocycles. The zero-order valence-electron chi connectivity index (χ0n) is 15.0. The lowest BCUT2D eigenvalue weighted by Crippen LogP contribution is -2.27. The summed E-state index contributed by atoms with van der Waals surface area (Å²) in [5.74, 6) is -3.98. The maximum atomic E-state index is 14.0. The van der Waals surface area contributed by atoms with Crippen LogP contribution in [-0.2, 0) is 11.3 Å². The molecule has 0 aliphatic rings. The Labute approximate surface area is 164 Å². The summed E-state index contributed by atoms with van der Waals surface area (Å²) >= 11 is 0. The highest BCUT2D eigenvalue weighted by Gasteiger charge is 2.14. The van der Waals surface area contributed by atoms with Crippen LogP contribution in [0.15, 0.2) is 66.1 Å². The number of aromatic carboxylic acids is 1. The van der Waals surface area contributed by atoms with Gasteiger partial charge in [-0.15, -0.1) is 0 Å². The second-order valence-corrected chi connectivity index (χ2v) is 5.76. The van der Waals surface area contributed by atoms with Crippen molar-refractivity contribution in [2.24, 2.45) is 5.73 Å². The lowest BCUT2D eigenvalue weighted by Gasteiger charge is -2.11. The van der Waals surface area contributed by atoms with Crippen LogP contribution in [0.4, 0.5) is 13.2 Å². The van der Waals surface area contributed by atoms with Crippen molar-refractivity contribution in [2.45, 2.75) is 6.54 Å². The fraction of sp³-hybridized carbons (Fsp3) is 0.100. The molecular weight excluding hydrogens is 389 g/mol. The number of halogens is 3. The quantitative estimate of drug-likeness (QED) is 0.462. The van der Waals surface area contributed by atoms with Gasteiger partial charge in [0.25, 0.3) is 5.91 Å². The van der Waals surface area contributed by atoms with Crippen LogP contribution >= 0.6 is 0 Å². The molecule has 0 atom stereocenters. The molecule has 2 aromatic rings. The summed E-state index contributed by atoms with van der Waals surface area (Å²) in [6.45, 7) is -0.633. The first-order valence-electron chi connectivity index (χ1n) is 8.26. The van der Waals surface area contributed by atoms with Gasteiger partial charge in [-0.05, 0) is 42.5 Å². The van der Waals surface area contributed by atoms with Crippen LogP contribution in [0.3, 0.4) is 0 Å². The molecule has 0 heterocycles. The number of nitrogens with one attached hydrogen (secondary N) is 1. The maximum absolute atomic E-state index is 14.0. The fourth-order valence-corrected chi connectivity index (χ4v) is 2.19. The van der Waals surface area contributed by atoms with Crippen LogP contribution in [0.25, 0.3) is 0 Å². The first kappa shape index (κ1) is 21.5. The van der Waals surface area contributed by atoms with Crippen molar-refractivity contribution in [3.8, 4) is 5.75 Å². The van der Waals surface area contributed by atoms with Gasteiger partial charge in [0.05, 0.1) is 11.1 Å². The van der Waals surface area contributed by atoms with Crippen molar-refractivity contribution in [3.05, 3.63) is 88.9 Å². The highest BCUT2D eigenvalue weighted by Crippen LogP contribution is 2.14. The van der Waals surface area contributed by atoms with Gasteiger partial charge in [-0.25, -0.2) is 18.0 Å². The molecule has 4 N–H and O–H groups in total. The van der Waals surface area contributed by atoms with Crippen molar-refractivity contribution < 1.29 is 32.6 Å². The molecule has 6 nitrogen and oxygen atoms in total. The summed E-state index contributed by atoms with van der Waals surface area (Å²) in [6.07, 6.45) is 1.50. The zero-order valence-corrected chi connectivity index (χ0v) is 15.0. The first-order valence-corrected chi connectivity index (χ1v) is 8.26. The van der Waals surface area contributed by atoms with Crippen molar-refractivity contribution >= 4 is 11.9 Å². The lowest BCUT2D eigenvalue weighted by molar-refractivity contribution is -0.118. The van der Waals surface area contributed by atoms with Crippen LogP contribution in [0.2, 0.25) is 0 Å². The third-order valence-electron chi connectivity index (χ3n) is 3.71. The number of allylic oxidation sites excluding steroid dienone is 2. The Kier molecular flexibility index (Phi) is 7.41. The molecule has 29 heavy (non-hydrogen) atoms. The number of nitrogens with two attached hydrogens (primary N) is 1. The van der Waals surface area contributed by atoms with E-state index in [9.17, 15) is 22.8 Å². The fourth-order valence-electron chi connectivity index (χ4n) is 2.19. The van der Waals surface area contributed by atoms with E-state index >= 15 is 0 Å². The number of amides is 1. The Morgan fingerprint density at radius 2 is 1.83 bits per heavy atom. The molecule has 0 saturated heterocycles. The molecule has 152 valence electrons. The minimum atomic E-state index is -1.29. The van der Waals surface area contributed by atoms with E-state index in [2.05, 4.69) is 5.32 Å². The lowest BCUT2D eigenvalue weighted by atomic mass is 10.1. The zero-order chi connectivity index (χ0) is 21.4. The van der Waals surface area contributed by atoms with E-state index in [1.807, 2.05) is 0 Å². The largest absolute Gasteiger partial charge is 0.489 e. The van der Waals surface area contributed by atoms with E-state index in [0.29, 0.717) is 6.20 Å². The van der Waals surface area contributed by atoms with Gasteiger partial charge in [-0.1, -0.05) is 6.07 Å². The predicted molar refractivity (Wildman–Crippen MR) is 98.6 cm³/mol. The summed E-state index contributed by atoms with van der Waals surface area (Å²) in [4.78, 5) is 23.2. The Morgan fingerprint density at radius 3 is 2.41 bits per heavy atom. The SMILES string of the molecule is N/C=C(F)\C=C(/COc1ccc(F)cc1)C(=O)NCc1ccc(C(=O)O)cc1F. The third-order valence-corrected chi connectivity index (χ3v) is 3.71. The Bertz CT molecular complexity index is 957. The third kappa shape index (κ3) is 6.42. The average Bonchev–Trinajstić information content (AvgIpc) is 2.70. The number of carbonyl (C=O) groups is 2. The normalized spacial score (nSPS) is 11.8. The van der Waals surface area contributed by atoms with Gasteiger partial charge in [0.2, 0.25) is 0 Å². The second-order valence-electron chi connectivity index (χ2n) is 5.76. The number of carboxylic acids is 1. The van der Waals surface area contributed by atoms with Gasteiger partial charge in [0.15, 0.2) is 0 Å². The molecule has 0 fully saturated rings. The molecule has 0 aliphatic carbocycles. The number of benzene rings is 2. The second kappa shape index (κ2) is 9.98. The summed E-state index contributed by atoms with van der Waals surface area (Å²) in [7, 11) is 0. The Hall–Kier alpha value is -3.75. The molecular formula is C20H17F3N2O4. The minimum Gasteiger partial charge on any atom is -0.489 e. The van der Waals surface area contributed by atoms with Gasteiger partial charge in [-0.3, -0.25) is 4.79 Å². The van der Waals surface area contributed by atoms with Crippen molar-refractivity contribution in [3.63, 3.8) is 0 Å². The van der Waals surface area contributed by atoms with Crippen LogP contribution in [0.1, 0.15) is 15.9 Å². The highest BCUT2D eigenvalue weighted by atomic mass is 19.1. The van der Waals surface area contributed by atoms with Crippen LogP contribution in [-0.4, -0.2) is 23.6 Å². The number of carbonyl (C=O) groups excluding carboxylic acids is 1. The molecule has 9 heteroatoms. The van der Waals surface area contributed by atoms with Crippen molar-refractivity contribution in [2.75, 3.05) is 6.61 Å². The van der Waals surface area contributed by atoms with E-state index in [1.165, 1.54) is 24.3 Å². The molecule has 2 aromatic carbocycles. The summed E-state index contributed by atoms with van der Waals surface area (Å²) in [5, 5.41) is 11.2. The van der Waals surface area contributed by atoms with Crippen molar-refractivity contribution in [1.29, 1.82) is 0 Å². The van der Waals surface area contributed by atoms with Gasteiger partial charge >= 0.3 is 5.97 Å². The molecule has 0 bridgehead atoms. The summed E-state index contributed by atoms with van der Waals surface area (Å²) < 4.78 is 45.8. The molecule has 0 spiro atoms. The van der Waals surface area contributed by atoms with Gasteiger partial charge in [-0.2, -0.15) is 0 Å². The average molecular weight is 406 g/mol. The van der Waals surface area contributed by atoms with Crippen molar-refractivity contribution in [1.82, 2.24) is 5.32 Å². The van der Waals surface area contributed by atoms with E-state index in [1.54, 1.807) is 0 Å². The van der Waals surface area contributed by atoms with Gasteiger partial charge in [0.1, 0.15) is 29.8 Å². The molecule has 0 aromatic heterocycles. The molecule has 1 amide bonds. The minimum absolute atomic E-state index is 0.0389. The molecule has 2 rings (SSSR count). The van der Waals surface area contributed by atoms with Crippen LogP contribution in [0, 0.1) is 11.6 Å². The van der Waals surface area contributed by atoms with E-state index in [-0.39, 0.29) is 35.6 Å². The standard InChI is InChI=1S/C20H17F3N2O4/c21-15-3-5-17(6-4-15)29-11-14(7-16(22)9-24)19(26)25-10-13-2-1-12(20(27)28)8-18(13)23/h1-9H,10-11,24H2,(H,25,26)(H,27,28)/b14-7+,16-9+. The molecule has 0 saturated carbocycles.